The van der Waals surface area contributed by atoms with Crippen molar-refractivity contribution in [2.45, 2.75) is 144 Å². The van der Waals surface area contributed by atoms with Gasteiger partial charge in [-0.1, -0.05) is 210 Å². The van der Waals surface area contributed by atoms with Crippen LogP contribution >= 0.6 is 22.7 Å². The number of ether oxygens (including phenoxy) is 3. The van der Waals surface area contributed by atoms with E-state index >= 15 is 0 Å². The van der Waals surface area contributed by atoms with Crippen molar-refractivity contribution in [1.82, 2.24) is 45.5 Å². The molecule has 620 valence electrons. The smallest absolute Gasteiger partial charge is 0.400 e. The van der Waals surface area contributed by atoms with Crippen molar-refractivity contribution < 1.29 is 55.0 Å². The Bertz CT molecular complexity index is 6040. The first-order valence-electron chi connectivity index (χ1n) is 41.2. The molecule has 3 saturated heterocycles. The van der Waals surface area contributed by atoms with Crippen molar-refractivity contribution in [3.8, 4) is 34.8 Å². The zero-order valence-electron chi connectivity index (χ0n) is 66.6. The van der Waals surface area contributed by atoms with E-state index < -0.39 is 30.1 Å². The van der Waals surface area contributed by atoms with Gasteiger partial charge in [0.15, 0.2) is 52.9 Å². The quantitative estimate of drug-likeness (QED) is 0.0762. The highest BCUT2D eigenvalue weighted by atomic mass is 32.1. The predicted octanol–water partition coefficient (Wildman–Crippen LogP) is 14.2. The van der Waals surface area contributed by atoms with E-state index in [4.69, 9.17) is 47.4 Å². The van der Waals surface area contributed by atoms with Gasteiger partial charge in [-0.3, -0.25) is 29.4 Å². The highest BCUT2D eigenvalue weighted by Crippen LogP contribution is 2.58. The third-order valence-corrected chi connectivity index (χ3v) is 26.9. The summed E-state index contributed by atoms with van der Waals surface area (Å²) in [5.41, 5.74) is 12.0. The number of nitrogens with one attached hydrogen (secondary N) is 3. The molecule has 10 aliphatic rings. The van der Waals surface area contributed by atoms with Crippen LogP contribution in [-0.2, 0) is 58.7 Å². The predicted molar refractivity (Wildman–Crippen MR) is 454 cm³/mol. The molecule has 0 bridgehead atoms. The summed E-state index contributed by atoms with van der Waals surface area (Å²) >= 11 is 2.80. The molecule has 12 heterocycles. The monoisotopic (exact) mass is 1680 g/mol. The summed E-state index contributed by atoms with van der Waals surface area (Å²) in [5.74, 6) is 0.284. The fourth-order valence-corrected chi connectivity index (χ4v) is 19.8. The lowest BCUT2D eigenvalue weighted by Gasteiger charge is -2.41. The summed E-state index contributed by atoms with van der Waals surface area (Å²) in [4.78, 5) is 75.5. The average molecular weight is 1680 g/mol. The molecule has 4 saturated carbocycles. The summed E-state index contributed by atoms with van der Waals surface area (Å²) in [7, 11) is 0. The maximum atomic E-state index is 14.3. The summed E-state index contributed by atoms with van der Waals surface area (Å²) in [6, 6.07) is 55.5. The second-order valence-electron chi connectivity index (χ2n) is 32.3. The number of rotatable bonds is 17. The number of aryl methyl sites for hydroxylation is 1. The van der Waals surface area contributed by atoms with Crippen LogP contribution in [0.4, 0.5) is 46.9 Å². The number of Topliss-reactive ketones (excluding diaryl/α,β-unsaturated/α-hetero) is 3. The molecule has 27 nitrogen and oxygen atoms in total. The molecule has 7 fully saturated rings. The highest BCUT2D eigenvalue weighted by Gasteiger charge is 2.62. The maximum absolute atomic E-state index is 14.3. The highest BCUT2D eigenvalue weighted by molar-refractivity contribution is 7.16. The molecule has 6 aromatic heterocycles. The lowest BCUT2D eigenvalue weighted by Crippen LogP contribution is -2.47. The fraction of sp³-hybridized carbons (Fsp3) is 0.344. The van der Waals surface area contributed by atoms with Crippen LogP contribution in [0, 0.1) is 6.92 Å². The first-order chi connectivity index (χ1) is 59.5. The van der Waals surface area contributed by atoms with Gasteiger partial charge in [-0.25, -0.2) is 15.0 Å². The third kappa shape index (κ3) is 15.4. The van der Waals surface area contributed by atoms with Gasteiger partial charge < -0.3 is 58.1 Å². The van der Waals surface area contributed by atoms with Crippen LogP contribution in [0.25, 0.3) is 34.8 Å². The Hall–Kier alpha value is -12.4. The van der Waals surface area contributed by atoms with Crippen molar-refractivity contribution >= 4 is 90.9 Å². The van der Waals surface area contributed by atoms with Gasteiger partial charge in [-0.15, -0.1) is 26.6 Å². The van der Waals surface area contributed by atoms with E-state index in [2.05, 4.69) is 84.2 Å². The molecule has 6 aromatic carbocycles. The van der Waals surface area contributed by atoms with Gasteiger partial charge in [0.05, 0.1) is 73.5 Å². The number of morpholine rings is 3. The van der Waals surface area contributed by atoms with Crippen molar-refractivity contribution in [2.75, 3.05) is 83.3 Å². The molecule has 6 aliphatic heterocycles. The standard InChI is InChI=1S/C31H27F3N6O3S.C31H30N6O3S.C28H26N6O3/c32-31(33,34)30(11-6-12-30)28-36-24(27(44-28)40-13-14-42-22-16-20(22)40)26-38-39-29(43-26)37-25-21(41)15-18-9-4-5-10-19(18)23(35-25)17-7-2-1-3-8-17;1-31(12-7-13-31)29-33-25(28(41-29)37-14-15-39-23-17-21(23)37)27-35-36-30(40-27)34-26-22(38)16-19-10-5-6-11-20(19)24(32-26)18-8-3-2-4-9-18;1-18-15-22(34-11-13-36-14-12-34)25(29-17-18)27-32-33-28(37-27)31-26-23(35)16-20-9-5-6-10-21(20)24(30-26)19-7-3-2-4-8-19/h1-5,7-10,20,22,25H,6,11-16H2,(H,37,39);2-6,8-11,21,23,26H,7,12-17H2,1H3,(H,34,36);2-10,15,17,26H,11-14,16H2,1H3,(H,31,33)/t20-,22+,25-;21-,23+,26-;26-/m111/s1. The number of anilines is 6. The van der Waals surface area contributed by atoms with Crippen molar-refractivity contribution in [3.05, 3.63) is 242 Å². The lowest BCUT2D eigenvalue weighted by atomic mass is 9.68. The Morgan fingerprint density at radius 1 is 0.467 bits per heavy atom. The topological polar surface area (TPSA) is 317 Å². The number of hydrogen-bond donors (Lipinski definition) is 3. The fourth-order valence-electron chi connectivity index (χ4n) is 17.0. The number of fused-ring (bicyclic) bond motifs is 5. The first kappa shape index (κ1) is 78.2. The molecule has 22 rings (SSSR count). The maximum Gasteiger partial charge on any atom is 0.400 e. The Balaban J connectivity index is 0.000000117. The number of ketones is 3. The van der Waals surface area contributed by atoms with Gasteiger partial charge in [0.2, 0.25) is 0 Å². The van der Waals surface area contributed by atoms with E-state index in [1.165, 1.54) is 6.42 Å². The number of aromatic nitrogens is 9. The third-order valence-electron chi connectivity index (χ3n) is 24.2. The second kappa shape index (κ2) is 32.6. The molecule has 0 amide bonds. The first-order valence-corrected chi connectivity index (χ1v) is 42.8. The number of alkyl halides is 3. The van der Waals surface area contributed by atoms with Crippen LogP contribution in [-0.4, -0.2) is 182 Å². The molecule has 0 radical (unpaired) electrons. The second-order valence-corrected chi connectivity index (χ2v) is 34.2. The molecule has 3 N–H and O–H groups in total. The molecule has 0 unspecified atom stereocenters. The number of nitrogens with zero attached hydrogens (tertiary/aromatic N) is 15. The number of hydrogen-bond acceptors (Lipinski definition) is 29. The molecule has 0 spiro atoms. The van der Waals surface area contributed by atoms with E-state index in [0.29, 0.717) is 73.8 Å². The SMILES string of the molecule is CC1(c2nc(-c3nnc(N[C@H]4N=C(c5ccccc5)c5ccccc5CC4=O)o3)c(N3CCO[C@H]4C[C@H]43)s2)CCC1.Cc1cnc(-c2nnc(N[C@H]3N=C(c4ccccc4)c4ccccc4CC3=O)o2)c(N2CCOCC2)c1.O=C1Cc2ccccc2C(c2ccccc2)=N[C@@H]1Nc1nnc(-c2nc(C3(C(F)(F)F)CCC3)sc2N2CCO[C@H]3C[C@H]32)o1. The number of aliphatic imine (C=N–C) groups is 3. The van der Waals surface area contributed by atoms with Crippen molar-refractivity contribution in [1.29, 1.82) is 0 Å². The largest absolute Gasteiger partial charge is 0.402 e. The van der Waals surface area contributed by atoms with E-state index in [9.17, 15) is 27.6 Å². The van der Waals surface area contributed by atoms with Gasteiger partial charge in [-0.05, 0) is 73.8 Å². The van der Waals surface area contributed by atoms with E-state index in [0.717, 1.165) is 145 Å². The number of carbonyl (C=O) groups is 3. The average Bonchev–Trinajstić information content (AvgIpc) is 1.56. The van der Waals surface area contributed by atoms with Crippen LogP contribution in [0.15, 0.2) is 204 Å². The van der Waals surface area contributed by atoms with Crippen LogP contribution in [0.3, 0.4) is 0 Å². The molecule has 12 aromatic rings. The summed E-state index contributed by atoms with van der Waals surface area (Å²) in [6.07, 6.45) is 1.44. The van der Waals surface area contributed by atoms with E-state index in [1.807, 2.05) is 171 Å². The van der Waals surface area contributed by atoms with Gasteiger partial charge in [0.25, 0.3) is 17.7 Å². The van der Waals surface area contributed by atoms with Crippen LogP contribution in [0.2, 0.25) is 0 Å². The molecule has 32 heteroatoms. The van der Waals surface area contributed by atoms with Crippen LogP contribution < -0.4 is 30.7 Å². The molecular weight excluding hydrogens is 1600 g/mol. The molecular formula is C90H83F3N18O9S2. The van der Waals surface area contributed by atoms with Gasteiger partial charge in [0.1, 0.15) is 25.4 Å². The van der Waals surface area contributed by atoms with Crippen molar-refractivity contribution in [3.63, 3.8) is 0 Å². The number of carbonyl (C=O) groups excluding carboxylic acids is 3. The zero-order chi connectivity index (χ0) is 82.8. The Morgan fingerprint density at radius 3 is 1.26 bits per heavy atom. The summed E-state index contributed by atoms with van der Waals surface area (Å²) in [5, 5.41) is 37.4. The molecule has 7 atom stereocenters. The minimum absolute atomic E-state index is 0.00261. The van der Waals surface area contributed by atoms with Gasteiger partial charge in [-0.2, -0.15) is 13.2 Å². The lowest BCUT2D eigenvalue weighted by molar-refractivity contribution is -0.212. The Morgan fingerprint density at radius 2 is 0.861 bits per heavy atom. The number of halogens is 3. The van der Waals surface area contributed by atoms with Gasteiger partial charge >= 0.3 is 24.2 Å². The molecule has 122 heavy (non-hydrogen) atoms. The van der Waals surface area contributed by atoms with Crippen LogP contribution in [0.1, 0.15) is 124 Å². The summed E-state index contributed by atoms with van der Waals surface area (Å²) in [6.45, 7) is 9.63. The molecule has 4 aliphatic carbocycles. The van der Waals surface area contributed by atoms with Crippen LogP contribution in [0.5, 0.6) is 0 Å². The number of pyridine rings is 1. The Labute approximate surface area is 706 Å². The summed E-state index contributed by atoms with van der Waals surface area (Å²) < 4.78 is 78.2. The minimum Gasteiger partial charge on any atom is -0.402 e. The van der Waals surface area contributed by atoms with Crippen molar-refractivity contribution in [2.24, 2.45) is 15.0 Å². The Kier molecular flexibility index (Phi) is 20.9. The number of benzene rings is 6. The minimum atomic E-state index is -4.42. The number of thiazole rings is 2. The normalized spacial score (nSPS) is 22.3. The zero-order valence-corrected chi connectivity index (χ0v) is 68.2. The van der Waals surface area contributed by atoms with E-state index in [1.54, 1.807) is 17.5 Å². The van der Waals surface area contributed by atoms with E-state index in [-0.39, 0.29) is 108 Å². The van der Waals surface area contributed by atoms with Gasteiger partial charge in [0, 0.05) is 90.4 Å².